The Morgan fingerprint density at radius 2 is 1.95 bits per heavy atom. The summed E-state index contributed by atoms with van der Waals surface area (Å²) in [7, 11) is 0. The Balaban J connectivity index is 2.27. The standard InChI is InChI=1S/C15H14N4/c1-2-14-18-12(9-13(16)19-14)11-7-3-5-10-6-4-8-17-15(10)11/h3-9H,2H2,1H3,(H2,16,18,19). The Morgan fingerprint density at radius 3 is 2.79 bits per heavy atom. The molecule has 0 fully saturated rings. The van der Waals surface area contributed by atoms with Gasteiger partial charge in [0.15, 0.2) is 0 Å². The van der Waals surface area contributed by atoms with E-state index in [0.29, 0.717) is 5.82 Å². The van der Waals surface area contributed by atoms with Crippen molar-refractivity contribution in [1.29, 1.82) is 0 Å². The van der Waals surface area contributed by atoms with Crippen LogP contribution in [-0.2, 0) is 6.42 Å². The zero-order valence-electron chi connectivity index (χ0n) is 10.7. The number of nitrogens with two attached hydrogens (primary N) is 1. The van der Waals surface area contributed by atoms with Gasteiger partial charge in [-0.15, -0.1) is 0 Å². The van der Waals surface area contributed by atoms with Crippen molar-refractivity contribution in [3.05, 3.63) is 48.4 Å². The van der Waals surface area contributed by atoms with Crippen molar-refractivity contribution in [2.24, 2.45) is 0 Å². The highest BCUT2D eigenvalue weighted by molar-refractivity contribution is 5.92. The van der Waals surface area contributed by atoms with E-state index >= 15 is 0 Å². The first-order valence-corrected chi connectivity index (χ1v) is 6.25. The quantitative estimate of drug-likeness (QED) is 0.759. The minimum atomic E-state index is 0.495. The van der Waals surface area contributed by atoms with Crippen LogP contribution in [0.2, 0.25) is 0 Å². The van der Waals surface area contributed by atoms with E-state index in [4.69, 9.17) is 5.73 Å². The average molecular weight is 250 g/mol. The average Bonchev–Trinajstić information content (AvgIpc) is 2.46. The number of aromatic nitrogens is 3. The topological polar surface area (TPSA) is 64.7 Å². The van der Waals surface area contributed by atoms with Gasteiger partial charge in [-0.1, -0.05) is 31.2 Å². The number of benzene rings is 1. The number of hydrogen-bond acceptors (Lipinski definition) is 4. The van der Waals surface area contributed by atoms with Gasteiger partial charge in [-0.2, -0.15) is 0 Å². The molecule has 94 valence electrons. The third-order valence-corrected chi connectivity index (χ3v) is 3.02. The minimum Gasteiger partial charge on any atom is -0.384 e. The molecule has 0 unspecified atom stereocenters. The van der Waals surface area contributed by atoms with Crippen molar-refractivity contribution in [2.75, 3.05) is 5.73 Å². The number of nitrogen functional groups attached to an aromatic ring is 1. The highest BCUT2D eigenvalue weighted by Gasteiger charge is 2.08. The number of fused-ring (bicyclic) bond motifs is 1. The molecule has 0 aliphatic carbocycles. The number of rotatable bonds is 2. The number of anilines is 1. The predicted molar refractivity (Wildman–Crippen MR) is 76.6 cm³/mol. The third kappa shape index (κ3) is 2.12. The number of para-hydroxylation sites is 1. The Bertz CT molecular complexity index is 732. The zero-order chi connectivity index (χ0) is 13.2. The highest BCUT2D eigenvalue weighted by Crippen LogP contribution is 2.26. The molecule has 4 heteroatoms. The monoisotopic (exact) mass is 250 g/mol. The van der Waals surface area contributed by atoms with Gasteiger partial charge in [0, 0.05) is 29.6 Å². The van der Waals surface area contributed by atoms with E-state index in [2.05, 4.69) is 15.0 Å². The minimum absolute atomic E-state index is 0.495. The second kappa shape index (κ2) is 4.65. The first-order chi connectivity index (χ1) is 9.28. The largest absolute Gasteiger partial charge is 0.384 e. The number of pyridine rings is 1. The molecule has 19 heavy (non-hydrogen) atoms. The zero-order valence-corrected chi connectivity index (χ0v) is 10.7. The molecule has 0 radical (unpaired) electrons. The summed E-state index contributed by atoms with van der Waals surface area (Å²) in [5, 5.41) is 1.09. The number of hydrogen-bond donors (Lipinski definition) is 1. The van der Waals surface area contributed by atoms with E-state index in [0.717, 1.165) is 34.4 Å². The molecule has 0 bridgehead atoms. The highest BCUT2D eigenvalue weighted by atomic mass is 14.9. The first-order valence-electron chi connectivity index (χ1n) is 6.25. The van der Waals surface area contributed by atoms with Gasteiger partial charge in [0.05, 0.1) is 11.2 Å². The Morgan fingerprint density at radius 1 is 1.11 bits per heavy atom. The van der Waals surface area contributed by atoms with Crippen LogP contribution in [0.25, 0.3) is 22.2 Å². The fourth-order valence-electron chi connectivity index (χ4n) is 2.12. The van der Waals surface area contributed by atoms with Gasteiger partial charge in [0.2, 0.25) is 0 Å². The van der Waals surface area contributed by atoms with Crippen LogP contribution in [-0.4, -0.2) is 15.0 Å². The van der Waals surface area contributed by atoms with Gasteiger partial charge in [-0.05, 0) is 6.07 Å². The number of aryl methyl sites for hydroxylation is 1. The summed E-state index contributed by atoms with van der Waals surface area (Å²) in [6.07, 6.45) is 2.55. The lowest BCUT2D eigenvalue weighted by atomic mass is 10.1. The van der Waals surface area contributed by atoms with E-state index in [9.17, 15) is 0 Å². The van der Waals surface area contributed by atoms with Gasteiger partial charge in [-0.3, -0.25) is 4.98 Å². The molecule has 0 aliphatic rings. The summed E-state index contributed by atoms with van der Waals surface area (Å²) in [6.45, 7) is 2.01. The van der Waals surface area contributed by atoms with Crippen LogP contribution >= 0.6 is 0 Å². The molecule has 3 rings (SSSR count). The Hall–Kier alpha value is -2.49. The van der Waals surface area contributed by atoms with Gasteiger partial charge in [0.25, 0.3) is 0 Å². The van der Waals surface area contributed by atoms with Crippen LogP contribution in [0.5, 0.6) is 0 Å². The molecule has 1 aromatic carbocycles. The maximum absolute atomic E-state index is 5.84. The SMILES string of the molecule is CCc1nc(N)cc(-c2cccc3cccnc23)n1. The van der Waals surface area contributed by atoms with E-state index in [1.165, 1.54) is 0 Å². The van der Waals surface area contributed by atoms with Gasteiger partial charge < -0.3 is 5.73 Å². The van der Waals surface area contributed by atoms with Crippen molar-refractivity contribution >= 4 is 16.7 Å². The summed E-state index contributed by atoms with van der Waals surface area (Å²) in [5.41, 5.74) is 8.60. The molecule has 3 aromatic rings. The molecule has 0 spiro atoms. The molecule has 2 heterocycles. The van der Waals surface area contributed by atoms with E-state index in [1.807, 2.05) is 37.3 Å². The maximum Gasteiger partial charge on any atom is 0.131 e. The molecular weight excluding hydrogens is 236 g/mol. The van der Waals surface area contributed by atoms with E-state index in [-0.39, 0.29) is 0 Å². The summed E-state index contributed by atoms with van der Waals surface area (Å²) in [5.74, 6) is 1.25. The van der Waals surface area contributed by atoms with Crippen LogP contribution in [0.1, 0.15) is 12.7 Å². The van der Waals surface area contributed by atoms with Gasteiger partial charge in [-0.25, -0.2) is 9.97 Å². The van der Waals surface area contributed by atoms with Gasteiger partial charge in [0.1, 0.15) is 11.6 Å². The molecule has 0 saturated carbocycles. The Labute approximate surface area is 111 Å². The number of nitrogens with zero attached hydrogens (tertiary/aromatic N) is 3. The van der Waals surface area contributed by atoms with Gasteiger partial charge >= 0.3 is 0 Å². The van der Waals surface area contributed by atoms with Crippen molar-refractivity contribution in [3.63, 3.8) is 0 Å². The summed E-state index contributed by atoms with van der Waals surface area (Å²) >= 11 is 0. The summed E-state index contributed by atoms with van der Waals surface area (Å²) in [6, 6.07) is 11.8. The van der Waals surface area contributed by atoms with Crippen LogP contribution in [0.15, 0.2) is 42.6 Å². The van der Waals surface area contributed by atoms with Crippen molar-refractivity contribution < 1.29 is 0 Å². The second-order valence-electron chi connectivity index (χ2n) is 4.33. The molecule has 2 aromatic heterocycles. The maximum atomic E-state index is 5.84. The van der Waals surface area contributed by atoms with E-state index < -0.39 is 0 Å². The van der Waals surface area contributed by atoms with Crippen LogP contribution in [0.4, 0.5) is 5.82 Å². The second-order valence-corrected chi connectivity index (χ2v) is 4.33. The van der Waals surface area contributed by atoms with Crippen LogP contribution in [0, 0.1) is 0 Å². The molecule has 2 N–H and O–H groups in total. The van der Waals surface area contributed by atoms with Crippen molar-refractivity contribution in [2.45, 2.75) is 13.3 Å². The normalized spacial score (nSPS) is 10.8. The van der Waals surface area contributed by atoms with Crippen LogP contribution in [0.3, 0.4) is 0 Å². The molecule has 0 aliphatic heterocycles. The lowest BCUT2D eigenvalue weighted by Crippen LogP contribution is -2.00. The summed E-state index contributed by atoms with van der Waals surface area (Å²) < 4.78 is 0. The fraction of sp³-hybridized carbons (Fsp3) is 0.133. The predicted octanol–water partition coefficient (Wildman–Crippen LogP) is 2.84. The summed E-state index contributed by atoms with van der Waals surface area (Å²) in [4.78, 5) is 13.2. The van der Waals surface area contributed by atoms with Crippen molar-refractivity contribution in [3.8, 4) is 11.3 Å². The lowest BCUT2D eigenvalue weighted by molar-refractivity contribution is 0.949. The first kappa shape index (κ1) is 11.6. The third-order valence-electron chi connectivity index (χ3n) is 3.02. The molecule has 0 amide bonds. The molecule has 0 saturated heterocycles. The molecular formula is C15H14N4. The van der Waals surface area contributed by atoms with Crippen LogP contribution < -0.4 is 5.73 Å². The molecule has 0 atom stereocenters. The smallest absolute Gasteiger partial charge is 0.131 e. The van der Waals surface area contributed by atoms with E-state index in [1.54, 1.807) is 12.3 Å². The fourth-order valence-corrected chi connectivity index (χ4v) is 2.12. The van der Waals surface area contributed by atoms with Crippen molar-refractivity contribution in [1.82, 2.24) is 15.0 Å². The lowest BCUT2D eigenvalue weighted by Gasteiger charge is -2.07. The Kier molecular flexibility index (Phi) is 2.83. The molecule has 4 nitrogen and oxygen atoms in total.